The lowest BCUT2D eigenvalue weighted by Gasteiger charge is -2.34. The molecule has 0 spiro atoms. The minimum Gasteiger partial charge on any atom is -0.373 e. The molecular weight excluding hydrogens is 318 g/mol. The standard InChI is InChI=1S/C12H16BrNO3S/c1-9-7-14(8-10(2)17-9)18(15,16)12-5-3-4-11(13)6-12/h3-6,9-10H,7-8H2,1-2H3. The minimum absolute atomic E-state index is 0.0734. The molecule has 1 aromatic carbocycles. The second-order valence-corrected chi connectivity index (χ2v) is 7.39. The number of nitrogens with zero attached hydrogens (tertiary/aromatic N) is 1. The van der Waals surface area contributed by atoms with Crippen LogP contribution >= 0.6 is 15.9 Å². The van der Waals surface area contributed by atoms with Crippen LogP contribution in [0.25, 0.3) is 0 Å². The fourth-order valence-corrected chi connectivity index (χ4v) is 4.29. The maximum atomic E-state index is 12.5. The lowest BCUT2D eigenvalue weighted by Crippen LogP contribution is -2.48. The molecule has 1 fully saturated rings. The molecule has 4 nitrogen and oxygen atoms in total. The number of hydrogen-bond acceptors (Lipinski definition) is 3. The number of rotatable bonds is 2. The highest BCUT2D eigenvalue weighted by atomic mass is 79.9. The van der Waals surface area contributed by atoms with Gasteiger partial charge in [-0.25, -0.2) is 8.42 Å². The van der Waals surface area contributed by atoms with Crippen LogP contribution in [0.2, 0.25) is 0 Å². The molecule has 0 bridgehead atoms. The van der Waals surface area contributed by atoms with Gasteiger partial charge in [0.1, 0.15) is 0 Å². The van der Waals surface area contributed by atoms with Crippen molar-refractivity contribution in [2.45, 2.75) is 31.0 Å². The van der Waals surface area contributed by atoms with Crippen LogP contribution in [-0.2, 0) is 14.8 Å². The van der Waals surface area contributed by atoms with Gasteiger partial charge in [0.2, 0.25) is 10.0 Å². The van der Waals surface area contributed by atoms with E-state index in [-0.39, 0.29) is 12.2 Å². The topological polar surface area (TPSA) is 46.6 Å². The van der Waals surface area contributed by atoms with Crippen LogP contribution in [0.1, 0.15) is 13.8 Å². The highest BCUT2D eigenvalue weighted by molar-refractivity contribution is 9.10. The van der Waals surface area contributed by atoms with Gasteiger partial charge >= 0.3 is 0 Å². The van der Waals surface area contributed by atoms with E-state index in [1.54, 1.807) is 18.2 Å². The van der Waals surface area contributed by atoms with E-state index in [9.17, 15) is 8.42 Å². The Morgan fingerprint density at radius 1 is 1.28 bits per heavy atom. The zero-order valence-corrected chi connectivity index (χ0v) is 12.7. The third-order valence-corrected chi connectivity index (χ3v) is 5.14. The minimum atomic E-state index is -3.43. The maximum Gasteiger partial charge on any atom is 0.243 e. The summed E-state index contributed by atoms with van der Waals surface area (Å²) in [7, 11) is -3.43. The highest BCUT2D eigenvalue weighted by Crippen LogP contribution is 2.23. The van der Waals surface area contributed by atoms with Gasteiger partial charge in [-0.15, -0.1) is 0 Å². The van der Waals surface area contributed by atoms with E-state index < -0.39 is 10.0 Å². The van der Waals surface area contributed by atoms with Gasteiger partial charge in [0.25, 0.3) is 0 Å². The summed E-state index contributed by atoms with van der Waals surface area (Å²) in [5.41, 5.74) is 0. The van der Waals surface area contributed by atoms with Crippen molar-refractivity contribution in [3.05, 3.63) is 28.7 Å². The van der Waals surface area contributed by atoms with E-state index >= 15 is 0 Å². The van der Waals surface area contributed by atoms with E-state index in [1.165, 1.54) is 4.31 Å². The summed E-state index contributed by atoms with van der Waals surface area (Å²) in [5, 5.41) is 0. The Balaban J connectivity index is 2.31. The van der Waals surface area contributed by atoms with Gasteiger partial charge in [-0.2, -0.15) is 4.31 Å². The largest absolute Gasteiger partial charge is 0.373 e. The molecule has 0 amide bonds. The quantitative estimate of drug-likeness (QED) is 0.833. The predicted molar refractivity (Wildman–Crippen MR) is 72.9 cm³/mol. The van der Waals surface area contributed by atoms with Crippen LogP contribution in [0.3, 0.4) is 0 Å². The molecule has 1 heterocycles. The van der Waals surface area contributed by atoms with Gasteiger partial charge in [-0.1, -0.05) is 22.0 Å². The average molecular weight is 334 g/mol. The Morgan fingerprint density at radius 2 is 1.89 bits per heavy atom. The summed E-state index contributed by atoms with van der Waals surface area (Å²) in [6, 6.07) is 6.78. The molecule has 0 radical (unpaired) electrons. The molecule has 2 unspecified atom stereocenters. The first kappa shape index (κ1) is 14.0. The van der Waals surface area contributed by atoms with Gasteiger partial charge in [-0.05, 0) is 32.0 Å². The van der Waals surface area contributed by atoms with E-state index in [0.29, 0.717) is 18.0 Å². The normalized spacial score (nSPS) is 26.2. The first-order chi connectivity index (χ1) is 8.39. The van der Waals surface area contributed by atoms with E-state index in [0.717, 1.165) is 4.47 Å². The monoisotopic (exact) mass is 333 g/mol. The number of hydrogen-bond donors (Lipinski definition) is 0. The second-order valence-electron chi connectivity index (χ2n) is 4.54. The molecule has 100 valence electrons. The first-order valence-corrected chi connectivity index (χ1v) is 8.04. The maximum absolute atomic E-state index is 12.5. The average Bonchev–Trinajstić information content (AvgIpc) is 2.27. The molecule has 6 heteroatoms. The number of halogens is 1. The van der Waals surface area contributed by atoms with Gasteiger partial charge in [-0.3, -0.25) is 0 Å². The van der Waals surface area contributed by atoms with Crippen molar-refractivity contribution < 1.29 is 13.2 Å². The third-order valence-electron chi connectivity index (χ3n) is 2.82. The smallest absolute Gasteiger partial charge is 0.243 e. The predicted octanol–water partition coefficient (Wildman–Crippen LogP) is 2.25. The Bertz CT molecular complexity index is 522. The lowest BCUT2D eigenvalue weighted by molar-refractivity contribution is -0.0440. The molecule has 2 rings (SSSR count). The van der Waals surface area contributed by atoms with Crippen LogP contribution in [0.4, 0.5) is 0 Å². The summed E-state index contributed by atoms with van der Waals surface area (Å²) in [4.78, 5) is 0.318. The molecule has 1 aliphatic rings. The molecule has 18 heavy (non-hydrogen) atoms. The summed E-state index contributed by atoms with van der Waals surface area (Å²) in [5.74, 6) is 0. The van der Waals surface area contributed by atoms with Crippen molar-refractivity contribution in [1.29, 1.82) is 0 Å². The molecular formula is C12H16BrNO3S. The van der Waals surface area contributed by atoms with Crippen molar-refractivity contribution in [3.8, 4) is 0 Å². The Hall–Kier alpha value is -0.430. The van der Waals surface area contributed by atoms with Crippen LogP contribution in [0.15, 0.2) is 33.6 Å². The van der Waals surface area contributed by atoms with E-state index in [1.807, 2.05) is 19.9 Å². The molecule has 0 aliphatic carbocycles. The second kappa shape index (κ2) is 5.28. The fourth-order valence-electron chi connectivity index (χ4n) is 2.10. The van der Waals surface area contributed by atoms with E-state index in [2.05, 4.69) is 15.9 Å². The van der Waals surface area contributed by atoms with Crippen molar-refractivity contribution in [2.75, 3.05) is 13.1 Å². The van der Waals surface area contributed by atoms with Gasteiger partial charge in [0, 0.05) is 17.6 Å². The zero-order valence-electron chi connectivity index (χ0n) is 10.3. The molecule has 1 aliphatic heterocycles. The summed E-state index contributed by atoms with van der Waals surface area (Å²) in [6.45, 7) is 4.58. The Morgan fingerprint density at radius 3 is 2.44 bits per heavy atom. The SMILES string of the molecule is CC1CN(S(=O)(=O)c2cccc(Br)c2)CC(C)O1. The van der Waals surface area contributed by atoms with Crippen molar-refractivity contribution in [2.24, 2.45) is 0 Å². The van der Waals surface area contributed by atoms with Gasteiger partial charge in [0.15, 0.2) is 0 Å². The lowest BCUT2D eigenvalue weighted by atomic mass is 10.3. The van der Waals surface area contributed by atoms with Gasteiger partial charge in [0.05, 0.1) is 17.1 Å². The van der Waals surface area contributed by atoms with E-state index in [4.69, 9.17) is 4.74 Å². The van der Waals surface area contributed by atoms with Crippen LogP contribution < -0.4 is 0 Å². The molecule has 2 atom stereocenters. The Labute approximate surface area is 116 Å². The van der Waals surface area contributed by atoms with Gasteiger partial charge < -0.3 is 4.74 Å². The molecule has 0 saturated carbocycles. The number of morpholine rings is 1. The molecule has 1 saturated heterocycles. The van der Waals surface area contributed by atoms with Crippen molar-refractivity contribution in [3.63, 3.8) is 0 Å². The fraction of sp³-hybridized carbons (Fsp3) is 0.500. The van der Waals surface area contributed by atoms with Crippen LogP contribution in [0, 0.1) is 0 Å². The highest BCUT2D eigenvalue weighted by Gasteiger charge is 2.32. The number of sulfonamides is 1. The molecule has 0 aromatic heterocycles. The Kier molecular flexibility index (Phi) is 4.11. The number of ether oxygens (including phenoxy) is 1. The van der Waals surface area contributed by atoms with Crippen LogP contribution in [0.5, 0.6) is 0 Å². The number of benzene rings is 1. The first-order valence-electron chi connectivity index (χ1n) is 5.81. The third kappa shape index (κ3) is 2.93. The zero-order chi connectivity index (χ0) is 13.3. The van der Waals surface area contributed by atoms with Crippen LogP contribution in [-0.4, -0.2) is 38.0 Å². The van der Waals surface area contributed by atoms with Crippen molar-refractivity contribution in [1.82, 2.24) is 4.31 Å². The summed E-state index contributed by atoms with van der Waals surface area (Å²) >= 11 is 3.29. The molecule has 0 N–H and O–H groups in total. The summed E-state index contributed by atoms with van der Waals surface area (Å²) in [6.07, 6.45) is -0.147. The molecule has 1 aromatic rings. The summed E-state index contributed by atoms with van der Waals surface area (Å²) < 4.78 is 32.8. The van der Waals surface area contributed by atoms with Crippen molar-refractivity contribution >= 4 is 26.0 Å².